The van der Waals surface area contributed by atoms with Crippen molar-refractivity contribution in [2.24, 2.45) is 17.3 Å². The molecule has 2 fully saturated rings. The topological polar surface area (TPSA) is 94.1 Å². The van der Waals surface area contributed by atoms with Crippen molar-refractivity contribution in [1.82, 2.24) is 15.4 Å². The number of piperidine rings is 1. The largest absolute Gasteiger partial charge is 0.315 e. The molecule has 0 amide bonds. The van der Waals surface area contributed by atoms with E-state index in [4.69, 9.17) is 17.0 Å². The highest BCUT2D eigenvalue weighted by atomic mass is 35.5. The predicted molar refractivity (Wildman–Crippen MR) is 141 cm³/mol. The third kappa shape index (κ3) is 7.63. The van der Waals surface area contributed by atoms with Crippen LogP contribution in [0.25, 0.3) is 0 Å². The maximum atomic E-state index is 12.0. The summed E-state index contributed by atoms with van der Waals surface area (Å²) in [6.45, 7) is 10.8. The monoisotopic (exact) mass is 500 g/mol. The zero-order valence-electron chi connectivity index (χ0n) is 21.0. The molecule has 190 valence electrons. The molecule has 6 nitrogen and oxygen atoms in total. The number of hydrogen-bond acceptors (Lipinski definition) is 5. The molecule has 1 saturated heterocycles. The number of rotatable bonds is 14. The van der Waals surface area contributed by atoms with Crippen LogP contribution in [0.15, 0.2) is 23.8 Å². The first-order valence-electron chi connectivity index (χ1n) is 12.5. The summed E-state index contributed by atoms with van der Waals surface area (Å²) in [5, 5.41) is 16.3. The molecule has 0 radical (unpaired) electrons. The molecule has 2 unspecified atom stereocenters. The Hall–Kier alpha value is -0.730. The lowest BCUT2D eigenvalue weighted by Gasteiger charge is -2.58. The standard InChI is InChI=1S/C25H45ClN4O2S/c1-5-8-21(9-6-13-26)17-25(11-7-12-25)24(4)23(27)22(10-14-29-24)18-28-15-16-30-33(31,32)19-20(2)3/h6,8-9,20,22,27-30H,5,7,10-19H2,1-4H3. The van der Waals surface area contributed by atoms with E-state index in [9.17, 15) is 8.42 Å². The van der Waals surface area contributed by atoms with E-state index in [1.165, 1.54) is 12.0 Å². The van der Waals surface area contributed by atoms with Gasteiger partial charge in [-0.05, 0) is 56.9 Å². The van der Waals surface area contributed by atoms with Crippen LogP contribution in [0.3, 0.4) is 0 Å². The summed E-state index contributed by atoms with van der Waals surface area (Å²) in [6, 6.07) is 0. The normalized spacial score (nSPS) is 26.2. The van der Waals surface area contributed by atoms with Crippen molar-refractivity contribution in [2.45, 2.75) is 71.8 Å². The first-order valence-corrected chi connectivity index (χ1v) is 14.7. The molecule has 33 heavy (non-hydrogen) atoms. The minimum atomic E-state index is -3.22. The Morgan fingerprint density at radius 3 is 2.64 bits per heavy atom. The first-order chi connectivity index (χ1) is 15.6. The SMILES string of the molecule is CCC=C(C=CCCl)CC1(C2(C)NCCC(CNCCNS(=O)(=O)CC(C)C)C2=N)CCC1. The van der Waals surface area contributed by atoms with Crippen molar-refractivity contribution in [1.29, 1.82) is 5.41 Å². The van der Waals surface area contributed by atoms with Crippen molar-refractivity contribution in [2.75, 3.05) is 37.8 Å². The summed E-state index contributed by atoms with van der Waals surface area (Å²) < 4.78 is 26.7. The summed E-state index contributed by atoms with van der Waals surface area (Å²) in [7, 11) is -3.22. The fraction of sp³-hybridized carbons (Fsp3) is 0.800. The van der Waals surface area contributed by atoms with Crippen molar-refractivity contribution in [3.05, 3.63) is 23.8 Å². The molecule has 1 aliphatic carbocycles. The molecule has 2 atom stereocenters. The van der Waals surface area contributed by atoms with E-state index >= 15 is 0 Å². The Balaban J connectivity index is 1.98. The Labute approximate surface area is 207 Å². The van der Waals surface area contributed by atoms with E-state index in [2.05, 4.69) is 41.4 Å². The fourth-order valence-corrected chi connectivity index (χ4v) is 6.89. The zero-order chi connectivity index (χ0) is 24.5. The van der Waals surface area contributed by atoms with E-state index in [0.717, 1.165) is 44.4 Å². The van der Waals surface area contributed by atoms with Gasteiger partial charge in [0.15, 0.2) is 0 Å². The van der Waals surface area contributed by atoms with Gasteiger partial charge < -0.3 is 16.0 Å². The van der Waals surface area contributed by atoms with Gasteiger partial charge in [-0.15, -0.1) is 11.6 Å². The molecule has 0 aromatic rings. The third-order valence-corrected chi connectivity index (χ3v) is 9.21. The second-order valence-corrected chi connectivity index (χ2v) is 12.4. The summed E-state index contributed by atoms with van der Waals surface area (Å²) in [6.07, 6.45) is 12.8. The lowest BCUT2D eigenvalue weighted by atomic mass is 9.51. The van der Waals surface area contributed by atoms with Gasteiger partial charge in [0.1, 0.15) is 0 Å². The molecule has 0 bridgehead atoms. The second kappa shape index (κ2) is 12.8. The molecule has 1 saturated carbocycles. The van der Waals surface area contributed by atoms with Crippen LogP contribution in [-0.2, 0) is 10.0 Å². The Morgan fingerprint density at radius 1 is 1.33 bits per heavy atom. The summed E-state index contributed by atoms with van der Waals surface area (Å²) >= 11 is 5.90. The van der Waals surface area contributed by atoms with Gasteiger partial charge in [0, 0.05) is 37.1 Å². The summed E-state index contributed by atoms with van der Waals surface area (Å²) in [5.41, 5.74) is 1.85. The molecule has 2 rings (SSSR count). The van der Waals surface area contributed by atoms with E-state index < -0.39 is 10.0 Å². The summed E-state index contributed by atoms with van der Waals surface area (Å²) in [4.78, 5) is 0. The molecule has 0 spiro atoms. The zero-order valence-corrected chi connectivity index (χ0v) is 22.5. The van der Waals surface area contributed by atoms with Crippen LogP contribution >= 0.6 is 11.6 Å². The molecule has 1 heterocycles. The van der Waals surface area contributed by atoms with Crippen LogP contribution < -0.4 is 15.4 Å². The van der Waals surface area contributed by atoms with Gasteiger partial charge in [-0.2, -0.15) is 0 Å². The molecule has 8 heteroatoms. The number of alkyl halides is 1. The lowest BCUT2D eigenvalue weighted by Crippen LogP contribution is -2.68. The molecular formula is C25H45ClN4O2S. The molecule has 2 aliphatic rings. The second-order valence-electron chi connectivity index (χ2n) is 10.3. The van der Waals surface area contributed by atoms with Crippen molar-refractivity contribution in [3.63, 3.8) is 0 Å². The van der Waals surface area contributed by atoms with Crippen LogP contribution in [0.2, 0.25) is 0 Å². The minimum Gasteiger partial charge on any atom is -0.315 e. The highest BCUT2D eigenvalue weighted by molar-refractivity contribution is 7.89. The van der Waals surface area contributed by atoms with Crippen LogP contribution in [0, 0.1) is 22.7 Å². The van der Waals surface area contributed by atoms with Gasteiger partial charge in [0.25, 0.3) is 0 Å². The number of hydrogen-bond donors (Lipinski definition) is 4. The number of sulfonamides is 1. The maximum absolute atomic E-state index is 12.0. The average molecular weight is 501 g/mol. The van der Waals surface area contributed by atoms with Crippen LogP contribution in [0.4, 0.5) is 0 Å². The quantitative estimate of drug-likeness (QED) is 0.163. The van der Waals surface area contributed by atoms with Crippen LogP contribution in [-0.4, -0.2) is 57.5 Å². The van der Waals surface area contributed by atoms with Gasteiger partial charge >= 0.3 is 0 Å². The van der Waals surface area contributed by atoms with Crippen molar-refractivity contribution in [3.8, 4) is 0 Å². The van der Waals surface area contributed by atoms with Gasteiger partial charge in [-0.3, -0.25) is 0 Å². The highest BCUT2D eigenvalue weighted by Crippen LogP contribution is 2.55. The Kier molecular flexibility index (Phi) is 11.1. The number of allylic oxidation sites excluding steroid dienone is 4. The molecule has 0 aromatic carbocycles. The average Bonchev–Trinajstić information content (AvgIpc) is 2.70. The Morgan fingerprint density at radius 2 is 2.06 bits per heavy atom. The number of halogens is 1. The number of nitrogens with one attached hydrogen (secondary N) is 4. The lowest BCUT2D eigenvalue weighted by molar-refractivity contribution is 0.0408. The first kappa shape index (κ1) is 28.5. The molecule has 1 aliphatic heterocycles. The van der Waals surface area contributed by atoms with Gasteiger partial charge in [-0.1, -0.05) is 51.0 Å². The Bertz CT molecular complexity index is 805. The highest BCUT2D eigenvalue weighted by Gasteiger charge is 2.56. The van der Waals surface area contributed by atoms with Gasteiger partial charge in [0.2, 0.25) is 10.0 Å². The van der Waals surface area contributed by atoms with Crippen molar-refractivity contribution >= 4 is 27.3 Å². The molecular weight excluding hydrogens is 456 g/mol. The third-order valence-electron chi connectivity index (χ3n) is 7.29. The minimum absolute atomic E-state index is 0.0624. The maximum Gasteiger partial charge on any atom is 0.211 e. The fourth-order valence-electron chi connectivity index (χ4n) is 5.40. The van der Waals surface area contributed by atoms with Crippen LogP contribution in [0.5, 0.6) is 0 Å². The molecule has 4 N–H and O–H groups in total. The summed E-state index contributed by atoms with van der Waals surface area (Å²) in [5.74, 6) is 0.945. The van der Waals surface area contributed by atoms with Gasteiger partial charge in [0.05, 0.1) is 11.3 Å². The smallest absolute Gasteiger partial charge is 0.211 e. The van der Waals surface area contributed by atoms with E-state index in [1.54, 1.807) is 0 Å². The van der Waals surface area contributed by atoms with E-state index in [1.807, 2.05) is 19.9 Å². The van der Waals surface area contributed by atoms with E-state index in [0.29, 0.717) is 25.5 Å². The van der Waals surface area contributed by atoms with Crippen LogP contribution in [0.1, 0.15) is 66.2 Å². The molecule has 0 aromatic heterocycles. The van der Waals surface area contributed by atoms with Gasteiger partial charge in [-0.25, -0.2) is 13.1 Å². The van der Waals surface area contributed by atoms with E-state index in [-0.39, 0.29) is 28.5 Å². The predicted octanol–water partition coefficient (Wildman–Crippen LogP) is 4.23. The van der Waals surface area contributed by atoms with Crippen molar-refractivity contribution < 1.29 is 8.42 Å².